The summed E-state index contributed by atoms with van der Waals surface area (Å²) in [5.74, 6) is 0.786. The van der Waals surface area contributed by atoms with Crippen molar-refractivity contribution in [3.8, 4) is 5.75 Å². The highest BCUT2D eigenvalue weighted by atomic mass is 16.5. The minimum atomic E-state index is 0.0556. The average molecular weight is 221 g/mol. The maximum atomic E-state index is 11.2. The van der Waals surface area contributed by atoms with E-state index in [0.29, 0.717) is 19.4 Å². The summed E-state index contributed by atoms with van der Waals surface area (Å²) >= 11 is 0. The molecule has 1 aliphatic heterocycles. The fourth-order valence-corrected chi connectivity index (χ4v) is 1.70. The number of hydrogen-bond acceptors (Lipinski definition) is 3. The minimum Gasteiger partial charge on any atom is -0.493 e. The number of aliphatic hydroxyl groups excluding tert-OH is 1. The molecule has 0 bridgehead atoms. The number of aryl methyl sites for hydroxylation is 1. The molecule has 2 rings (SSSR count). The molecule has 0 aromatic heterocycles. The topological polar surface area (TPSA) is 58.6 Å². The van der Waals surface area contributed by atoms with Crippen LogP contribution in [0.1, 0.15) is 18.4 Å². The second kappa shape index (κ2) is 4.99. The summed E-state index contributed by atoms with van der Waals surface area (Å²) < 4.78 is 5.44. The monoisotopic (exact) mass is 221 g/mol. The van der Waals surface area contributed by atoms with Crippen LogP contribution in [0.25, 0.3) is 0 Å². The fraction of sp³-hybridized carbons (Fsp3) is 0.417. The summed E-state index contributed by atoms with van der Waals surface area (Å²) in [6.07, 6.45) is 1.96. The molecular weight excluding hydrogens is 206 g/mol. The Labute approximate surface area is 94.2 Å². The fourth-order valence-electron chi connectivity index (χ4n) is 1.70. The first-order valence-electron chi connectivity index (χ1n) is 5.46. The van der Waals surface area contributed by atoms with Crippen LogP contribution >= 0.6 is 0 Å². The number of hydrogen-bond donors (Lipinski definition) is 2. The highest BCUT2D eigenvalue weighted by Crippen LogP contribution is 2.27. The standard InChI is InChI=1S/C12H15NO3/c14-6-1-7-16-10-4-2-9-3-5-12(15)13-11(9)8-10/h2,4,8,14H,1,3,5-7H2,(H,13,15). The minimum absolute atomic E-state index is 0.0556. The van der Waals surface area contributed by atoms with E-state index in [2.05, 4.69) is 5.32 Å². The zero-order valence-corrected chi connectivity index (χ0v) is 9.03. The first-order chi connectivity index (χ1) is 7.79. The summed E-state index contributed by atoms with van der Waals surface area (Å²) in [6.45, 7) is 0.616. The van der Waals surface area contributed by atoms with Crippen molar-refractivity contribution in [1.82, 2.24) is 0 Å². The molecule has 0 radical (unpaired) electrons. The van der Waals surface area contributed by atoms with Crippen LogP contribution in [0, 0.1) is 0 Å². The van der Waals surface area contributed by atoms with E-state index in [4.69, 9.17) is 9.84 Å². The molecule has 1 aromatic rings. The van der Waals surface area contributed by atoms with E-state index in [1.54, 1.807) is 0 Å². The van der Waals surface area contributed by atoms with Crippen LogP contribution in [0.4, 0.5) is 5.69 Å². The lowest BCUT2D eigenvalue weighted by Gasteiger charge is -2.17. The van der Waals surface area contributed by atoms with E-state index in [9.17, 15) is 4.79 Å². The highest BCUT2D eigenvalue weighted by molar-refractivity contribution is 5.94. The predicted molar refractivity (Wildman–Crippen MR) is 60.6 cm³/mol. The Hall–Kier alpha value is -1.55. The molecule has 0 unspecified atom stereocenters. The zero-order valence-electron chi connectivity index (χ0n) is 9.03. The summed E-state index contributed by atoms with van der Waals surface area (Å²) in [4.78, 5) is 11.2. The first kappa shape index (κ1) is 11.0. The van der Waals surface area contributed by atoms with Crippen LogP contribution in [0.5, 0.6) is 5.75 Å². The SMILES string of the molecule is O=C1CCc2ccc(OCCCO)cc2N1. The quantitative estimate of drug-likeness (QED) is 0.754. The number of carbonyl (C=O) groups is 1. The van der Waals surface area contributed by atoms with Gasteiger partial charge in [0, 0.05) is 31.2 Å². The summed E-state index contributed by atoms with van der Waals surface area (Å²) in [7, 11) is 0. The van der Waals surface area contributed by atoms with Gasteiger partial charge in [0.25, 0.3) is 0 Å². The molecule has 4 heteroatoms. The molecule has 0 aliphatic carbocycles. The number of aliphatic hydroxyl groups is 1. The van der Waals surface area contributed by atoms with E-state index in [1.165, 1.54) is 0 Å². The Balaban J connectivity index is 2.06. The summed E-state index contributed by atoms with van der Waals surface area (Å²) in [6, 6.07) is 5.71. The lowest BCUT2D eigenvalue weighted by Crippen LogP contribution is -2.18. The second-order valence-corrected chi connectivity index (χ2v) is 3.79. The number of nitrogens with one attached hydrogen (secondary N) is 1. The van der Waals surface area contributed by atoms with Crippen molar-refractivity contribution in [2.45, 2.75) is 19.3 Å². The van der Waals surface area contributed by atoms with Crippen molar-refractivity contribution < 1.29 is 14.6 Å². The molecule has 1 heterocycles. The van der Waals surface area contributed by atoms with Crippen molar-refractivity contribution in [1.29, 1.82) is 0 Å². The van der Waals surface area contributed by atoms with Crippen LogP contribution < -0.4 is 10.1 Å². The van der Waals surface area contributed by atoms with Gasteiger partial charge in [-0.2, -0.15) is 0 Å². The van der Waals surface area contributed by atoms with Gasteiger partial charge in [0.1, 0.15) is 5.75 Å². The maximum absolute atomic E-state index is 11.2. The molecule has 4 nitrogen and oxygen atoms in total. The lowest BCUT2D eigenvalue weighted by molar-refractivity contribution is -0.116. The highest BCUT2D eigenvalue weighted by Gasteiger charge is 2.14. The lowest BCUT2D eigenvalue weighted by atomic mass is 10.0. The van der Waals surface area contributed by atoms with E-state index in [1.807, 2.05) is 18.2 Å². The number of anilines is 1. The van der Waals surface area contributed by atoms with Crippen molar-refractivity contribution in [3.63, 3.8) is 0 Å². The van der Waals surface area contributed by atoms with Crippen molar-refractivity contribution in [2.75, 3.05) is 18.5 Å². The van der Waals surface area contributed by atoms with Gasteiger partial charge in [-0.25, -0.2) is 0 Å². The van der Waals surface area contributed by atoms with Gasteiger partial charge in [-0.3, -0.25) is 4.79 Å². The Morgan fingerprint density at radius 3 is 3.06 bits per heavy atom. The number of amides is 1. The number of rotatable bonds is 4. The molecule has 16 heavy (non-hydrogen) atoms. The number of carbonyl (C=O) groups excluding carboxylic acids is 1. The molecule has 0 saturated carbocycles. The molecule has 1 aromatic carbocycles. The first-order valence-corrected chi connectivity index (χ1v) is 5.46. The third-order valence-corrected chi connectivity index (χ3v) is 2.55. The normalized spacial score (nSPS) is 14.2. The predicted octanol–water partition coefficient (Wildman–Crippen LogP) is 1.33. The number of fused-ring (bicyclic) bond motifs is 1. The zero-order chi connectivity index (χ0) is 11.4. The molecular formula is C12H15NO3. The van der Waals surface area contributed by atoms with Crippen molar-refractivity contribution in [3.05, 3.63) is 23.8 Å². The van der Waals surface area contributed by atoms with Crippen LogP contribution in [0.15, 0.2) is 18.2 Å². The smallest absolute Gasteiger partial charge is 0.224 e. The summed E-state index contributed by atoms with van der Waals surface area (Å²) in [5, 5.41) is 11.5. The van der Waals surface area contributed by atoms with Crippen LogP contribution in [0.3, 0.4) is 0 Å². The van der Waals surface area contributed by atoms with Gasteiger partial charge in [-0.05, 0) is 18.1 Å². The van der Waals surface area contributed by atoms with E-state index < -0.39 is 0 Å². The van der Waals surface area contributed by atoms with E-state index in [-0.39, 0.29) is 12.5 Å². The van der Waals surface area contributed by atoms with Gasteiger partial charge >= 0.3 is 0 Å². The Bertz CT molecular complexity index is 390. The molecule has 0 fully saturated rings. The number of benzene rings is 1. The Morgan fingerprint density at radius 1 is 1.38 bits per heavy atom. The number of ether oxygens (including phenoxy) is 1. The van der Waals surface area contributed by atoms with E-state index >= 15 is 0 Å². The molecule has 86 valence electrons. The van der Waals surface area contributed by atoms with Gasteiger partial charge in [-0.1, -0.05) is 6.07 Å². The van der Waals surface area contributed by atoms with Gasteiger partial charge in [0.2, 0.25) is 5.91 Å². The molecule has 1 aliphatic rings. The Morgan fingerprint density at radius 2 is 2.25 bits per heavy atom. The second-order valence-electron chi connectivity index (χ2n) is 3.79. The molecule has 0 saturated heterocycles. The largest absolute Gasteiger partial charge is 0.493 e. The molecule has 0 spiro atoms. The molecule has 2 N–H and O–H groups in total. The van der Waals surface area contributed by atoms with Gasteiger partial charge in [0.15, 0.2) is 0 Å². The van der Waals surface area contributed by atoms with Gasteiger partial charge in [-0.15, -0.1) is 0 Å². The van der Waals surface area contributed by atoms with Crippen LogP contribution in [-0.2, 0) is 11.2 Å². The van der Waals surface area contributed by atoms with Crippen molar-refractivity contribution in [2.24, 2.45) is 0 Å². The van der Waals surface area contributed by atoms with Crippen molar-refractivity contribution >= 4 is 11.6 Å². The third kappa shape index (κ3) is 2.52. The molecule has 1 amide bonds. The third-order valence-electron chi connectivity index (χ3n) is 2.55. The average Bonchev–Trinajstić information content (AvgIpc) is 2.29. The van der Waals surface area contributed by atoms with Gasteiger partial charge in [0.05, 0.1) is 6.61 Å². The maximum Gasteiger partial charge on any atom is 0.224 e. The molecule has 0 atom stereocenters. The Kier molecular flexibility index (Phi) is 3.41. The van der Waals surface area contributed by atoms with E-state index in [0.717, 1.165) is 23.4 Å². The van der Waals surface area contributed by atoms with Crippen LogP contribution in [-0.4, -0.2) is 24.2 Å². The van der Waals surface area contributed by atoms with Gasteiger partial charge < -0.3 is 15.2 Å². The van der Waals surface area contributed by atoms with Crippen LogP contribution in [0.2, 0.25) is 0 Å². The summed E-state index contributed by atoms with van der Waals surface area (Å²) in [5.41, 5.74) is 1.99.